The molecule has 0 radical (unpaired) electrons. The van der Waals surface area contributed by atoms with Crippen LogP contribution in [0.15, 0.2) is 4.99 Å². The first kappa shape index (κ1) is 7.34. The van der Waals surface area contributed by atoms with Crippen molar-refractivity contribution >= 4 is 12.0 Å². The molecule has 0 aliphatic carbocycles. The number of hydrogen-bond acceptors (Lipinski definition) is 2. The summed E-state index contributed by atoms with van der Waals surface area (Å²) in [5.41, 5.74) is 0.569. The second-order valence-electron chi connectivity index (χ2n) is 1.98. The maximum Gasteiger partial charge on any atom is 0.163 e. The quantitative estimate of drug-likeness (QED) is 0.389. The van der Waals surface area contributed by atoms with E-state index >= 15 is 0 Å². The maximum absolute atomic E-state index is 9.91. The van der Waals surface area contributed by atoms with Gasteiger partial charge in [-0.3, -0.25) is 9.79 Å². The molecule has 0 saturated heterocycles. The van der Waals surface area contributed by atoms with E-state index in [4.69, 9.17) is 0 Å². The van der Waals surface area contributed by atoms with Crippen LogP contribution >= 0.6 is 0 Å². The Balaban J connectivity index is 3.74. The summed E-state index contributed by atoms with van der Waals surface area (Å²) < 4.78 is 0. The highest BCUT2D eigenvalue weighted by molar-refractivity contribution is 6.27. The van der Waals surface area contributed by atoms with Crippen LogP contribution in [-0.4, -0.2) is 18.0 Å². The Morgan fingerprint density at radius 3 is 2.25 bits per heavy atom. The third-order valence-corrected chi connectivity index (χ3v) is 0.632. The molecule has 0 fully saturated rings. The summed E-state index contributed by atoms with van der Waals surface area (Å²) in [5, 5.41) is 0. The van der Waals surface area contributed by atoms with Crippen LogP contribution in [0.3, 0.4) is 0 Å². The van der Waals surface area contributed by atoms with Crippen LogP contribution in [0.2, 0.25) is 0 Å². The molecule has 2 nitrogen and oxygen atoms in total. The third-order valence-electron chi connectivity index (χ3n) is 0.632. The van der Waals surface area contributed by atoms with Crippen LogP contribution in [0.1, 0.15) is 20.8 Å². The first-order chi connectivity index (χ1) is 3.66. The van der Waals surface area contributed by atoms with Gasteiger partial charge in [-0.05, 0) is 20.8 Å². The van der Waals surface area contributed by atoms with Crippen LogP contribution in [0.4, 0.5) is 0 Å². The van der Waals surface area contributed by atoms with Gasteiger partial charge in [-0.25, -0.2) is 0 Å². The van der Waals surface area contributed by atoms with Gasteiger partial charge in [0.05, 0.1) is 5.71 Å². The highest BCUT2D eigenvalue weighted by Crippen LogP contribution is 1.84. The molecule has 8 heavy (non-hydrogen) atoms. The molecule has 0 aliphatic heterocycles. The fourth-order valence-electron chi connectivity index (χ4n) is 0.438. The molecule has 0 aliphatic rings. The van der Waals surface area contributed by atoms with E-state index in [1.165, 1.54) is 0 Å². The molecule has 0 aromatic heterocycles. The molecule has 0 saturated carbocycles. The molecular formula is C6H11NO. The first-order valence-electron chi connectivity index (χ1n) is 2.66. The summed E-state index contributed by atoms with van der Waals surface area (Å²) in [6.07, 6.45) is 0.764. The summed E-state index contributed by atoms with van der Waals surface area (Å²) in [5.74, 6) is 0. The van der Waals surface area contributed by atoms with Crippen LogP contribution in [0.25, 0.3) is 0 Å². The normalized spacial score (nSPS) is 12.2. The highest BCUT2D eigenvalue weighted by Gasteiger charge is 1.87. The zero-order valence-electron chi connectivity index (χ0n) is 5.51. The van der Waals surface area contributed by atoms with E-state index in [1.807, 2.05) is 13.8 Å². The molecule has 46 valence electrons. The molecule has 0 rings (SSSR count). The Kier molecular flexibility index (Phi) is 3.08. The lowest BCUT2D eigenvalue weighted by atomic mass is 10.4. The van der Waals surface area contributed by atoms with Gasteiger partial charge in [0.25, 0.3) is 0 Å². The third kappa shape index (κ3) is 3.53. The molecular weight excluding hydrogens is 102 g/mol. The van der Waals surface area contributed by atoms with Crippen molar-refractivity contribution in [3.63, 3.8) is 0 Å². The Bertz CT molecular complexity index is 105. The van der Waals surface area contributed by atoms with Gasteiger partial charge in [-0.1, -0.05) is 0 Å². The minimum Gasteiger partial charge on any atom is -0.297 e. The predicted molar refractivity (Wildman–Crippen MR) is 34.3 cm³/mol. The molecule has 0 spiro atoms. The minimum atomic E-state index is 0.236. The number of carbonyl (C=O) groups excluding carboxylic acids is 1. The zero-order chi connectivity index (χ0) is 6.57. The van der Waals surface area contributed by atoms with E-state index in [0.29, 0.717) is 5.71 Å². The average molecular weight is 113 g/mol. The SMILES string of the molecule is CC(C=O)=NC(C)C. The van der Waals surface area contributed by atoms with Gasteiger partial charge in [-0.15, -0.1) is 0 Å². The van der Waals surface area contributed by atoms with E-state index in [0.717, 1.165) is 6.29 Å². The van der Waals surface area contributed by atoms with Gasteiger partial charge in [-0.2, -0.15) is 0 Å². The number of rotatable bonds is 2. The summed E-state index contributed by atoms with van der Waals surface area (Å²) in [6, 6.07) is 0.236. The minimum absolute atomic E-state index is 0.236. The fraction of sp³-hybridized carbons (Fsp3) is 0.667. The largest absolute Gasteiger partial charge is 0.297 e. The molecule has 0 amide bonds. The summed E-state index contributed by atoms with van der Waals surface area (Å²) >= 11 is 0. The van der Waals surface area contributed by atoms with Crippen molar-refractivity contribution in [3.8, 4) is 0 Å². The Morgan fingerprint density at radius 1 is 1.62 bits per heavy atom. The number of nitrogens with zero attached hydrogens (tertiary/aromatic N) is 1. The lowest BCUT2D eigenvalue weighted by Gasteiger charge is -1.93. The molecule has 0 N–H and O–H groups in total. The molecule has 0 unspecified atom stereocenters. The summed E-state index contributed by atoms with van der Waals surface area (Å²) in [4.78, 5) is 13.9. The van der Waals surface area contributed by atoms with Crippen LogP contribution in [0.5, 0.6) is 0 Å². The molecule has 0 heterocycles. The van der Waals surface area contributed by atoms with Crippen LogP contribution < -0.4 is 0 Å². The fourth-order valence-corrected chi connectivity index (χ4v) is 0.438. The molecule has 0 atom stereocenters. The van der Waals surface area contributed by atoms with Gasteiger partial charge < -0.3 is 0 Å². The summed E-state index contributed by atoms with van der Waals surface area (Å²) in [7, 11) is 0. The number of carbonyl (C=O) groups is 1. The number of hydrogen-bond donors (Lipinski definition) is 0. The Hall–Kier alpha value is -0.660. The van der Waals surface area contributed by atoms with Gasteiger partial charge in [0, 0.05) is 6.04 Å². The van der Waals surface area contributed by atoms with E-state index < -0.39 is 0 Å². The lowest BCUT2D eigenvalue weighted by Crippen LogP contribution is -1.98. The van der Waals surface area contributed by atoms with Crippen molar-refractivity contribution < 1.29 is 4.79 Å². The first-order valence-corrected chi connectivity index (χ1v) is 2.66. The van der Waals surface area contributed by atoms with Crippen LogP contribution in [0, 0.1) is 0 Å². The number of aldehydes is 1. The highest BCUT2D eigenvalue weighted by atomic mass is 16.1. The topological polar surface area (TPSA) is 29.4 Å². The summed E-state index contributed by atoms with van der Waals surface area (Å²) in [6.45, 7) is 5.58. The Morgan fingerprint density at radius 2 is 2.12 bits per heavy atom. The lowest BCUT2D eigenvalue weighted by molar-refractivity contribution is -0.102. The van der Waals surface area contributed by atoms with E-state index in [-0.39, 0.29) is 6.04 Å². The van der Waals surface area contributed by atoms with E-state index in [9.17, 15) is 4.79 Å². The second kappa shape index (κ2) is 3.36. The van der Waals surface area contributed by atoms with Crippen LogP contribution in [-0.2, 0) is 4.79 Å². The van der Waals surface area contributed by atoms with Gasteiger partial charge in [0.2, 0.25) is 0 Å². The van der Waals surface area contributed by atoms with Gasteiger partial charge >= 0.3 is 0 Å². The van der Waals surface area contributed by atoms with Crippen molar-refractivity contribution in [1.82, 2.24) is 0 Å². The second-order valence-corrected chi connectivity index (χ2v) is 1.98. The number of aliphatic imine (C=N–C) groups is 1. The zero-order valence-corrected chi connectivity index (χ0v) is 5.51. The van der Waals surface area contributed by atoms with Gasteiger partial charge in [0.15, 0.2) is 6.29 Å². The van der Waals surface area contributed by atoms with Crippen molar-refractivity contribution in [2.75, 3.05) is 0 Å². The molecule has 0 bridgehead atoms. The molecule has 2 heteroatoms. The monoisotopic (exact) mass is 113 g/mol. The van der Waals surface area contributed by atoms with E-state index in [2.05, 4.69) is 4.99 Å². The van der Waals surface area contributed by atoms with Crippen molar-refractivity contribution in [1.29, 1.82) is 0 Å². The average Bonchev–Trinajstić information content (AvgIpc) is 1.65. The standard InChI is InChI=1S/C6H11NO/c1-5(2)7-6(3)4-8/h4-5H,1-3H3. The van der Waals surface area contributed by atoms with Crippen molar-refractivity contribution in [3.05, 3.63) is 0 Å². The van der Waals surface area contributed by atoms with Gasteiger partial charge in [0.1, 0.15) is 0 Å². The Labute approximate surface area is 49.6 Å². The molecule has 0 aromatic carbocycles. The molecule has 0 aromatic rings. The van der Waals surface area contributed by atoms with Crippen molar-refractivity contribution in [2.45, 2.75) is 26.8 Å². The predicted octanol–water partition coefficient (Wildman–Crippen LogP) is 1.05. The van der Waals surface area contributed by atoms with E-state index in [1.54, 1.807) is 6.92 Å². The maximum atomic E-state index is 9.91. The van der Waals surface area contributed by atoms with Crippen molar-refractivity contribution in [2.24, 2.45) is 4.99 Å². The smallest absolute Gasteiger partial charge is 0.163 e.